The van der Waals surface area contributed by atoms with E-state index in [1.54, 1.807) is 0 Å². The molecule has 4 saturated carbocycles. The monoisotopic (exact) mass is 472 g/mol. The summed E-state index contributed by atoms with van der Waals surface area (Å²) < 4.78 is 6.42. The summed E-state index contributed by atoms with van der Waals surface area (Å²) in [6.45, 7) is 19.4. The molecule has 0 aliphatic heterocycles. The second-order valence-corrected chi connectivity index (χ2v) is 15.1. The topological polar surface area (TPSA) is 49.7 Å². The van der Waals surface area contributed by atoms with Crippen molar-refractivity contribution < 1.29 is 14.9 Å². The first-order valence-corrected chi connectivity index (χ1v) is 14.3. The maximum Gasteiger partial charge on any atom is 0.0793 e. The molecule has 194 valence electrons. The number of hydrogen-bond donors (Lipinski definition) is 2. The van der Waals surface area contributed by atoms with Crippen LogP contribution in [0.25, 0.3) is 0 Å². The first kappa shape index (κ1) is 25.3. The van der Waals surface area contributed by atoms with Crippen LogP contribution >= 0.6 is 0 Å². The third-order valence-electron chi connectivity index (χ3n) is 13.6. The summed E-state index contributed by atoms with van der Waals surface area (Å²) in [4.78, 5) is 0. The summed E-state index contributed by atoms with van der Waals surface area (Å²) in [5.41, 5.74) is 1.45. The molecule has 0 amide bonds. The summed E-state index contributed by atoms with van der Waals surface area (Å²) in [5, 5.41) is 23.1. The minimum atomic E-state index is -0.312. The minimum Gasteiger partial charge on any atom is -0.393 e. The first-order chi connectivity index (χ1) is 15.7. The molecule has 2 N–H and O–H groups in total. The standard InChI is InChI=1S/C31H52O3/c1-18-10-13-28(5)17-24(33)31(8)20(25(28)19(18)2)16-21(34-9)26-29(6)14-12-23(32)27(3,4)22(29)11-15-30(26,31)7/h16,18-19,21-26,32-33H,10-15,17H2,1-9H3. The number of hydrogen-bond acceptors (Lipinski definition) is 3. The number of aliphatic hydroxyl groups excluding tert-OH is 2. The molecule has 0 spiro atoms. The molecule has 0 aromatic rings. The van der Waals surface area contributed by atoms with Crippen molar-refractivity contribution in [1.29, 1.82) is 0 Å². The van der Waals surface area contributed by atoms with E-state index in [9.17, 15) is 10.2 Å². The molecule has 0 bridgehead atoms. The van der Waals surface area contributed by atoms with Crippen LogP contribution in [0.15, 0.2) is 11.6 Å². The van der Waals surface area contributed by atoms with E-state index >= 15 is 0 Å². The highest BCUT2D eigenvalue weighted by molar-refractivity contribution is 5.37. The van der Waals surface area contributed by atoms with Gasteiger partial charge in [-0.2, -0.15) is 0 Å². The fraction of sp³-hybridized carbons (Fsp3) is 0.935. The Labute approximate surface area is 209 Å². The fourth-order valence-electron chi connectivity index (χ4n) is 11.3. The van der Waals surface area contributed by atoms with Crippen LogP contribution in [-0.2, 0) is 4.74 Å². The van der Waals surface area contributed by atoms with Gasteiger partial charge >= 0.3 is 0 Å². The van der Waals surface area contributed by atoms with E-state index in [1.807, 2.05) is 7.11 Å². The van der Waals surface area contributed by atoms with Crippen molar-refractivity contribution in [2.75, 3.05) is 7.11 Å². The molecule has 34 heavy (non-hydrogen) atoms. The quantitative estimate of drug-likeness (QED) is 0.422. The molecule has 5 aliphatic rings. The maximum atomic E-state index is 12.1. The molecule has 12 atom stereocenters. The number of rotatable bonds is 1. The van der Waals surface area contributed by atoms with E-state index in [4.69, 9.17) is 4.74 Å². The second-order valence-electron chi connectivity index (χ2n) is 15.1. The molecule has 3 heteroatoms. The number of methoxy groups -OCH3 is 1. The molecule has 0 aromatic heterocycles. The highest BCUT2D eigenvalue weighted by atomic mass is 16.5. The lowest BCUT2D eigenvalue weighted by molar-refractivity contribution is -0.246. The Morgan fingerprint density at radius 3 is 2.21 bits per heavy atom. The summed E-state index contributed by atoms with van der Waals surface area (Å²) >= 11 is 0. The Morgan fingerprint density at radius 2 is 1.56 bits per heavy atom. The van der Waals surface area contributed by atoms with Gasteiger partial charge in [0.25, 0.3) is 0 Å². The van der Waals surface area contributed by atoms with Crippen molar-refractivity contribution in [3.63, 3.8) is 0 Å². The molecule has 5 aliphatic carbocycles. The minimum absolute atomic E-state index is 0.0253. The zero-order valence-electron chi connectivity index (χ0n) is 23.4. The maximum absolute atomic E-state index is 12.1. The molecule has 5 rings (SSSR count). The van der Waals surface area contributed by atoms with Crippen LogP contribution in [-0.4, -0.2) is 35.6 Å². The van der Waals surface area contributed by atoms with E-state index in [1.165, 1.54) is 18.4 Å². The van der Waals surface area contributed by atoms with E-state index < -0.39 is 0 Å². The summed E-state index contributed by atoms with van der Waals surface area (Å²) in [7, 11) is 1.91. The predicted octanol–water partition coefficient (Wildman–Crippen LogP) is 6.62. The van der Waals surface area contributed by atoms with Crippen LogP contribution < -0.4 is 0 Å². The van der Waals surface area contributed by atoms with Crippen LogP contribution in [0, 0.1) is 56.7 Å². The van der Waals surface area contributed by atoms with Gasteiger partial charge in [-0.25, -0.2) is 0 Å². The average Bonchev–Trinajstić information content (AvgIpc) is 2.75. The van der Waals surface area contributed by atoms with Gasteiger partial charge in [0.15, 0.2) is 0 Å². The largest absolute Gasteiger partial charge is 0.393 e. The number of fused-ring (bicyclic) bond motifs is 7. The van der Waals surface area contributed by atoms with Crippen molar-refractivity contribution >= 4 is 0 Å². The van der Waals surface area contributed by atoms with Gasteiger partial charge in [0.05, 0.1) is 18.3 Å². The van der Waals surface area contributed by atoms with Crippen LogP contribution in [0.3, 0.4) is 0 Å². The zero-order valence-corrected chi connectivity index (χ0v) is 23.4. The van der Waals surface area contributed by atoms with Gasteiger partial charge in [-0.05, 0) is 90.3 Å². The van der Waals surface area contributed by atoms with Gasteiger partial charge in [0.2, 0.25) is 0 Å². The lowest BCUT2D eigenvalue weighted by Gasteiger charge is -2.73. The van der Waals surface area contributed by atoms with Crippen molar-refractivity contribution in [2.24, 2.45) is 56.7 Å². The average molecular weight is 473 g/mol. The van der Waals surface area contributed by atoms with Crippen molar-refractivity contribution in [2.45, 2.75) is 119 Å². The highest BCUT2D eigenvalue weighted by Crippen LogP contribution is 2.75. The molecule has 0 saturated heterocycles. The summed E-state index contributed by atoms with van der Waals surface area (Å²) in [6.07, 6.45) is 9.63. The van der Waals surface area contributed by atoms with Crippen molar-refractivity contribution in [1.82, 2.24) is 0 Å². The molecular weight excluding hydrogens is 420 g/mol. The SMILES string of the molecule is COC1C=C2C3C(C)C(C)CCC3(C)CC(O)C2(C)C2(C)CCC3C(C)(C)C(O)CCC3(C)C12. The smallest absolute Gasteiger partial charge is 0.0793 e. The summed E-state index contributed by atoms with van der Waals surface area (Å²) in [6, 6.07) is 0. The third kappa shape index (κ3) is 2.87. The van der Waals surface area contributed by atoms with Gasteiger partial charge in [-0.15, -0.1) is 0 Å². The van der Waals surface area contributed by atoms with Gasteiger partial charge in [0, 0.05) is 18.4 Å². The molecular formula is C31H52O3. The van der Waals surface area contributed by atoms with Crippen LogP contribution in [0.5, 0.6) is 0 Å². The third-order valence-corrected chi connectivity index (χ3v) is 13.6. The fourth-order valence-corrected chi connectivity index (χ4v) is 11.3. The van der Waals surface area contributed by atoms with Gasteiger partial charge in [0.1, 0.15) is 0 Å². The Balaban J connectivity index is 1.69. The van der Waals surface area contributed by atoms with Crippen LogP contribution in [0.2, 0.25) is 0 Å². The molecule has 0 radical (unpaired) electrons. The number of aliphatic hydroxyl groups is 2. The van der Waals surface area contributed by atoms with Crippen LogP contribution in [0.1, 0.15) is 100 Å². The van der Waals surface area contributed by atoms with E-state index in [-0.39, 0.29) is 45.4 Å². The van der Waals surface area contributed by atoms with Gasteiger partial charge < -0.3 is 14.9 Å². The molecule has 4 fully saturated rings. The first-order valence-electron chi connectivity index (χ1n) is 14.3. The normalized spacial score (nSPS) is 58.6. The lowest BCUT2D eigenvalue weighted by atomic mass is 9.32. The molecule has 0 aromatic carbocycles. The predicted molar refractivity (Wildman–Crippen MR) is 138 cm³/mol. The van der Waals surface area contributed by atoms with E-state index in [2.05, 4.69) is 61.5 Å². The Kier molecular flexibility index (Phi) is 5.63. The zero-order chi connectivity index (χ0) is 25.1. The number of ether oxygens (including phenoxy) is 1. The van der Waals surface area contributed by atoms with Gasteiger partial charge in [-0.1, -0.05) is 67.0 Å². The van der Waals surface area contributed by atoms with Gasteiger partial charge in [-0.3, -0.25) is 0 Å². The van der Waals surface area contributed by atoms with E-state index in [0.717, 1.165) is 38.0 Å². The Hall–Kier alpha value is -0.380. The highest BCUT2D eigenvalue weighted by Gasteiger charge is 2.72. The molecule has 3 nitrogen and oxygen atoms in total. The van der Waals surface area contributed by atoms with Crippen LogP contribution in [0.4, 0.5) is 0 Å². The van der Waals surface area contributed by atoms with Crippen molar-refractivity contribution in [3.05, 3.63) is 11.6 Å². The Bertz CT molecular complexity index is 863. The summed E-state index contributed by atoms with van der Waals surface area (Å²) in [5.74, 6) is 2.69. The lowest BCUT2D eigenvalue weighted by Crippen LogP contribution is -2.70. The molecule has 12 unspecified atom stereocenters. The molecule has 0 heterocycles. The Morgan fingerprint density at radius 1 is 0.882 bits per heavy atom. The van der Waals surface area contributed by atoms with Crippen molar-refractivity contribution in [3.8, 4) is 0 Å². The second kappa shape index (κ2) is 7.57. The van der Waals surface area contributed by atoms with E-state index in [0.29, 0.717) is 23.7 Å².